The van der Waals surface area contributed by atoms with Crippen molar-refractivity contribution in [1.29, 1.82) is 0 Å². The molecule has 5 rings (SSSR count). The van der Waals surface area contributed by atoms with E-state index in [1.54, 1.807) is 6.20 Å². The Morgan fingerprint density at radius 3 is 2.92 bits per heavy atom. The van der Waals surface area contributed by atoms with E-state index in [-0.39, 0.29) is 35.4 Å². The Labute approximate surface area is 219 Å². The van der Waals surface area contributed by atoms with Crippen LogP contribution in [0.5, 0.6) is 0 Å². The molecule has 1 amide bonds. The van der Waals surface area contributed by atoms with Crippen molar-refractivity contribution >= 4 is 11.7 Å². The molecule has 3 fully saturated rings. The second-order valence-electron chi connectivity index (χ2n) is 11.3. The van der Waals surface area contributed by atoms with E-state index in [2.05, 4.69) is 46.8 Å². The SMILES string of the molecule is CC(C)C1CNCCC1(c1cnno1)C(C)CON1CC=CN=C1C1NC[C@H](N2CCCCC2=O)[C@H]1N. The second kappa shape index (κ2) is 11.2. The monoisotopic (exact) mass is 514 g/mol. The summed E-state index contributed by atoms with van der Waals surface area (Å²) in [6.45, 7) is 11.1. The van der Waals surface area contributed by atoms with Gasteiger partial charge in [-0.1, -0.05) is 20.8 Å². The predicted octanol–water partition coefficient (Wildman–Crippen LogP) is 1.05. The highest BCUT2D eigenvalue weighted by Gasteiger charge is 2.51. The maximum absolute atomic E-state index is 12.5. The molecule has 4 unspecified atom stereocenters. The van der Waals surface area contributed by atoms with Gasteiger partial charge in [-0.2, -0.15) is 0 Å². The zero-order valence-corrected chi connectivity index (χ0v) is 22.3. The fraction of sp³-hybridized carbons (Fsp3) is 0.769. The standard InChI is InChI=1S/C26H42N8O3/c1-17(2)19-13-28-10-8-26(19,21-15-31-32-37-21)18(3)16-36-34-12-6-9-29-25(34)24-23(27)20(14-30-24)33-11-5-4-7-22(33)35/h6,9,15,17-20,23-24,28,30H,4-5,7-8,10-14,16,27H2,1-3H3/t18?,19?,20-,23+,24?,26?/m0/s1. The number of likely N-dealkylation sites (tertiary alicyclic amines) is 1. The lowest BCUT2D eigenvalue weighted by Crippen LogP contribution is -2.57. The number of piperidine rings is 2. The molecule has 4 N–H and O–H groups in total. The van der Waals surface area contributed by atoms with E-state index in [4.69, 9.17) is 15.1 Å². The second-order valence-corrected chi connectivity index (χ2v) is 11.3. The summed E-state index contributed by atoms with van der Waals surface area (Å²) < 4.78 is 5.71. The van der Waals surface area contributed by atoms with Gasteiger partial charge in [0.25, 0.3) is 0 Å². The molecule has 4 aliphatic rings. The smallest absolute Gasteiger partial charge is 0.222 e. The quantitative estimate of drug-likeness (QED) is 0.465. The number of carbonyl (C=O) groups is 1. The van der Waals surface area contributed by atoms with Crippen LogP contribution in [-0.2, 0) is 15.0 Å². The van der Waals surface area contributed by atoms with Gasteiger partial charge in [-0.15, -0.1) is 5.10 Å². The largest absolute Gasteiger partial charge is 0.342 e. The molecule has 0 aliphatic carbocycles. The van der Waals surface area contributed by atoms with Gasteiger partial charge in [0.1, 0.15) is 5.84 Å². The average molecular weight is 515 g/mol. The van der Waals surface area contributed by atoms with Crippen molar-refractivity contribution in [1.82, 2.24) is 31.0 Å². The lowest BCUT2D eigenvalue weighted by molar-refractivity contribution is -0.135. The van der Waals surface area contributed by atoms with E-state index < -0.39 is 0 Å². The van der Waals surface area contributed by atoms with Crippen molar-refractivity contribution in [2.75, 3.05) is 39.3 Å². The summed E-state index contributed by atoms with van der Waals surface area (Å²) in [5, 5.41) is 16.8. The first-order valence-corrected chi connectivity index (χ1v) is 13.8. The molecule has 11 heteroatoms. The minimum Gasteiger partial charge on any atom is -0.342 e. The molecule has 0 radical (unpaired) electrons. The Morgan fingerprint density at radius 1 is 1.30 bits per heavy atom. The van der Waals surface area contributed by atoms with Gasteiger partial charge < -0.3 is 25.8 Å². The van der Waals surface area contributed by atoms with Gasteiger partial charge in [0.2, 0.25) is 5.91 Å². The van der Waals surface area contributed by atoms with Crippen LogP contribution in [0.4, 0.5) is 0 Å². The summed E-state index contributed by atoms with van der Waals surface area (Å²) in [5.74, 6) is 2.77. The van der Waals surface area contributed by atoms with E-state index in [1.165, 1.54) is 0 Å². The van der Waals surface area contributed by atoms with Crippen LogP contribution in [0, 0.1) is 17.8 Å². The number of hydroxylamine groups is 2. The van der Waals surface area contributed by atoms with Crippen molar-refractivity contribution in [3.63, 3.8) is 0 Å². The van der Waals surface area contributed by atoms with Crippen LogP contribution in [0.25, 0.3) is 0 Å². The molecule has 3 saturated heterocycles. The number of nitrogens with zero attached hydrogens (tertiary/aromatic N) is 5. The number of nitrogens with one attached hydrogen (secondary N) is 2. The topological polar surface area (TPSA) is 134 Å². The van der Waals surface area contributed by atoms with Crippen molar-refractivity contribution in [3.8, 4) is 0 Å². The van der Waals surface area contributed by atoms with Crippen LogP contribution in [0.3, 0.4) is 0 Å². The third-order valence-electron chi connectivity index (χ3n) is 8.98. The number of amidine groups is 1. The van der Waals surface area contributed by atoms with Crippen LogP contribution in [0.15, 0.2) is 28.0 Å². The molecular formula is C26H42N8O3. The summed E-state index contributed by atoms with van der Waals surface area (Å²) in [4.78, 5) is 25.7. The summed E-state index contributed by atoms with van der Waals surface area (Å²) in [5.41, 5.74) is 6.51. The highest BCUT2D eigenvalue weighted by Crippen LogP contribution is 2.47. The van der Waals surface area contributed by atoms with E-state index in [0.29, 0.717) is 38.0 Å². The van der Waals surface area contributed by atoms with Crippen LogP contribution in [-0.4, -0.2) is 89.5 Å². The molecule has 5 heterocycles. The normalized spacial score (nSPS) is 33.8. The molecule has 4 aliphatic heterocycles. The molecular weight excluding hydrogens is 472 g/mol. The highest BCUT2D eigenvalue weighted by molar-refractivity contribution is 5.89. The summed E-state index contributed by atoms with van der Waals surface area (Å²) in [6.07, 6.45) is 9.11. The molecule has 1 aromatic heterocycles. The van der Waals surface area contributed by atoms with Gasteiger partial charge in [0, 0.05) is 42.4 Å². The summed E-state index contributed by atoms with van der Waals surface area (Å²) in [7, 11) is 0. The van der Waals surface area contributed by atoms with Crippen molar-refractivity contribution in [2.45, 2.75) is 70.0 Å². The lowest BCUT2D eigenvalue weighted by Gasteiger charge is -2.48. The molecule has 1 aromatic rings. The molecule has 0 aromatic carbocycles. The van der Waals surface area contributed by atoms with Crippen molar-refractivity contribution in [3.05, 3.63) is 24.2 Å². The minimum absolute atomic E-state index is 0.0315. The Bertz CT molecular complexity index is 982. The number of carbonyl (C=O) groups excluding carboxylic acids is 1. The van der Waals surface area contributed by atoms with Crippen LogP contribution in [0.1, 0.15) is 52.2 Å². The first kappa shape index (κ1) is 26.3. The summed E-state index contributed by atoms with van der Waals surface area (Å²) >= 11 is 0. The maximum atomic E-state index is 12.5. The number of aromatic nitrogens is 2. The molecule has 6 atom stereocenters. The molecule has 0 saturated carbocycles. The molecule has 11 nitrogen and oxygen atoms in total. The van der Waals surface area contributed by atoms with Crippen LogP contribution < -0.4 is 16.4 Å². The number of hydrogen-bond donors (Lipinski definition) is 3. The summed E-state index contributed by atoms with van der Waals surface area (Å²) in [6, 6.07) is -0.470. The zero-order chi connectivity index (χ0) is 26.0. The van der Waals surface area contributed by atoms with Gasteiger partial charge in [0.15, 0.2) is 5.76 Å². The van der Waals surface area contributed by atoms with E-state index in [9.17, 15) is 4.79 Å². The van der Waals surface area contributed by atoms with Crippen molar-refractivity contribution in [2.24, 2.45) is 28.5 Å². The lowest BCUT2D eigenvalue weighted by atomic mass is 9.59. The maximum Gasteiger partial charge on any atom is 0.222 e. The third-order valence-corrected chi connectivity index (χ3v) is 8.98. The van der Waals surface area contributed by atoms with E-state index in [0.717, 1.165) is 50.5 Å². The number of hydrogen-bond acceptors (Lipinski definition) is 10. The molecule has 0 spiro atoms. The molecule has 0 bridgehead atoms. The Balaban J connectivity index is 1.30. The van der Waals surface area contributed by atoms with Gasteiger partial charge >= 0.3 is 0 Å². The average Bonchev–Trinajstić information content (AvgIpc) is 3.58. The molecule has 204 valence electrons. The first-order valence-electron chi connectivity index (χ1n) is 13.8. The van der Waals surface area contributed by atoms with Gasteiger partial charge in [0.05, 0.1) is 31.4 Å². The first-order chi connectivity index (χ1) is 17.9. The Morgan fingerprint density at radius 2 is 2.16 bits per heavy atom. The number of rotatable bonds is 8. The highest BCUT2D eigenvalue weighted by atomic mass is 16.7. The van der Waals surface area contributed by atoms with E-state index in [1.807, 2.05) is 22.2 Å². The van der Waals surface area contributed by atoms with Crippen molar-refractivity contribution < 1.29 is 14.2 Å². The molecule has 37 heavy (non-hydrogen) atoms. The number of nitrogens with two attached hydrogens (primary N) is 1. The van der Waals surface area contributed by atoms with Crippen LogP contribution >= 0.6 is 0 Å². The van der Waals surface area contributed by atoms with Gasteiger partial charge in [-0.05, 0) is 56.2 Å². The zero-order valence-electron chi connectivity index (χ0n) is 22.3. The minimum atomic E-state index is -0.253. The van der Waals surface area contributed by atoms with Gasteiger partial charge in [-0.25, -0.2) is 10.1 Å². The van der Waals surface area contributed by atoms with E-state index >= 15 is 0 Å². The number of aliphatic imine (C=N–C) groups is 1. The Hall–Kier alpha value is -2.34. The fourth-order valence-electron chi connectivity index (χ4n) is 6.92. The van der Waals surface area contributed by atoms with Gasteiger partial charge in [-0.3, -0.25) is 9.63 Å². The fourth-order valence-corrected chi connectivity index (χ4v) is 6.92. The number of amides is 1. The predicted molar refractivity (Wildman–Crippen MR) is 139 cm³/mol. The third kappa shape index (κ3) is 4.94. The Kier molecular flexibility index (Phi) is 7.94. The van der Waals surface area contributed by atoms with Crippen LogP contribution in [0.2, 0.25) is 0 Å².